The van der Waals surface area contributed by atoms with E-state index in [1.807, 2.05) is 0 Å². The van der Waals surface area contributed by atoms with Crippen LogP contribution in [0.4, 0.5) is 11.6 Å². The van der Waals surface area contributed by atoms with Crippen LogP contribution in [0.1, 0.15) is 5.56 Å². The smallest absolute Gasteiger partial charge is 0.311 e. The Morgan fingerprint density at radius 2 is 2.25 bits per heavy atom. The Labute approximate surface area is 122 Å². The number of benzene rings is 1. The number of hydrazine groups is 1. The normalized spacial score (nSPS) is 10.2. The van der Waals surface area contributed by atoms with Crippen molar-refractivity contribution in [2.45, 2.75) is 6.92 Å². The molecule has 0 bridgehead atoms. The summed E-state index contributed by atoms with van der Waals surface area (Å²) < 4.78 is 5.99. The van der Waals surface area contributed by atoms with Crippen LogP contribution in [0.2, 0.25) is 0 Å². The molecule has 1 aromatic carbocycles. The van der Waals surface area contributed by atoms with E-state index in [0.29, 0.717) is 10.0 Å². The van der Waals surface area contributed by atoms with Crippen LogP contribution >= 0.6 is 15.9 Å². The van der Waals surface area contributed by atoms with Crippen molar-refractivity contribution < 1.29 is 9.66 Å². The number of rotatable bonds is 4. The molecule has 0 fully saturated rings. The quantitative estimate of drug-likeness (QED) is 0.499. The Morgan fingerprint density at radius 1 is 1.50 bits per heavy atom. The van der Waals surface area contributed by atoms with Crippen LogP contribution in [0.25, 0.3) is 0 Å². The predicted molar refractivity (Wildman–Crippen MR) is 75.4 cm³/mol. The van der Waals surface area contributed by atoms with Crippen molar-refractivity contribution in [3.8, 4) is 11.6 Å². The van der Waals surface area contributed by atoms with Crippen molar-refractivity contribution in [1.82, 2.24) is 9.97 Å². The maximum atomic E-state index is 11.0. The molecule has 0 saturated carbocycles. The molecule has 0 radical (unpaired) electrons. The van der Waals surface area contributed by atoms with Crippen LogP contribution in [-0.4, -0.2) is 14.9 Å². The van der Waals surface area contributed by atoms with E-state index in [9.17, 15) is 10.1 Å². The van der Waals surface area contributed by atoms with Gasteiger partial charge in [-0.05, 0) is 28.4 Å². The van der Waals surface area contributed by atoms with E-state index in [4.69, 9.17) is 10.6 Å². The zero-order valence-electron chi connectivity index (χ0n) is 10.3. The topological polar surface area (TPSA) is 116 Å². The molecular weight excluding hydrogens is 330 g/mol. The third-order valence-corrected chi connectivity index (χ3v) is 2.97. The lowest BCUT2D eigenvalue weighted by Crippen LogP contribution is -2.10. The number of nitrogens with one attached hydrogen (secondary N) is 1. The molecule has 0 aliphatic carbocycles. The van der Waals surface area contributed by atoms with Gasteiger partial charge in [0.2, 0.25) is 17.6 Å². The van der Waals surface area contributed by atoms with Crippen LogP contribution in [0.5, 0.6) is 11.6 Å². The zero-order chi connectivity index (χ0) is 14.7. The largest absolute Gasteiger partial charge is 0.430 e. The van der Waals surface area contributed by atoms with Gasteiger partial charge in [0.25, 0.3) is 0 Å². The highest BCUT2D eigenvalue weighted by atomic mass is 79.9. The summed E-state index contributed by atoms with van der Waals surface area (Å²) in [5.74, 6) is 5.61. The maximum absolute atomic E-state index is 11.0. The molecule has 0 aliphatic heterocycles. The van der Waals surface area contributed by atoms with Gasteiger partial charge in [-0.15, -0.1) is 0 Å². The number of hydrogen-bond donors (Lipinski definition) is 2. The highest BCUT2D eigenvalue weighted by Crippen LogP contribution is 2.36. The molecule has 8 nitrogen and oxygen atoms in total. The Morgan fingerprint density at radius 3 is 2.90 bits per heavy atom. The number of para-hydroxylation sites is 1. The Hall–Kier alpha value is -2.26. The van der Waals surface area contributed by atoms with Crippen LogP contribution in [-0.2, 0) is 0 Å². The molecule has 2 rings (SSSR count). The molecule has 1 heterocycles. The van der Waals surface area contributed by atoms with Crippen molar-refractivity contribution >= 4 is 27.6 Å². The number of ether oxygens (including phenoxy) is 1. The molecule has 0 amide bonds. The van der Waals surface area contributed by atoms with Gasteiger partial charge in [0.15, 0.2) is 0 Å². The molecule has 1 aromatic heterocycles. The average Bonchev–Trinajstić information content (AvgIpc) is 2.43. The third-order valence-electron chi connectivity index (χ3n) is 2.43. The summed E-state index contributed by atoms with van der Waals surface area (Å²) in [5.41, 5.74) is 2.75. The minimum atomic E-state index is -0.514. The molecule has 0 saturated heterocycles. The standard InChI is InChI=1S/C11H10BrN5O3/c1-6-3-2-4-8(17(18)19)9(6)20-10-7(12)5-14-11(15-10)16-13/h2-5H,13H2,1H3,(H,14,15,16). The Bertz CT molecular complexity index is 665. The van der Waals surface area contributed by atoms with Crippen molar-refractivity contribution in [3.05, 3.63) is 44.5 Å². The van der Waals surface area contributed by atoms with Gasteiger partial charge in [0.1, 0.15) is 0 Å². The number of nitrogens with zero attached hydrogens (tertiary/aromatic N) is 3. The van der Waals surface area contributed by atoms with Gasteiger partial charge in [-0.2, -0.15) is 4.98 Å². The molecule has 2 aromatic rings. The summed E-state index contributed by atoms with van der Waals surface area (Å²) in [4.78, 5) is 18.4. The summed E-state index contributed by atoms with van der Waals surface area (Å²) in [5, 5.41) is 11.0. The van der Waals surface area contributed by atoms with Crippen molar-refractivity contribution in [2.75, 3.05) is 5.43 Å². The summed E-state index contributed by atoms with van der Waals surface area (Å²) in [6.07, 6.45) is 1.43. The van der Waals surface area contributed by atoms with Crippen molar-refractivity contribution in [3.63, 3.8) is 0 Å². The monoisotopic (exact) mass is 339 g/mol. The molecule has 0 atom stereocenters. The number of anilines is 1. The van der Waals surface area contributed by atoms with Gasteiger partial charge in [-0.1, -0.05) is 12.1 Å². The van der Waals surface area contributed by atoms with E-state index in [-0.39, 0.29) is 23.3 Å². The van der Waals surface area contributed by atoms with Gasteiger partial charge in [-0.3, -0.25) is 15.5 Å². The SMILES string of the molecule is Cc1cccc([N+](=O)[O-])c1Oc1nc(NN)ncc1Br. The number of nitro groups is 1. The first-order valence-corrected chi connectivity index (χ1v) is 6.23. The van der Waals surface area contributed by atoms with Gasteiger partial charge < -0.3 is 4.74 Å². The van der Waals surface area contributed by atoms with E-state index in [1.165, 1.54) is 12.3 Å². The number of nitrogens with two attached hydrogens (primary N) is 1. The highest BCUT2D eigenvalue weighted by molar-refractivity contribution is 9.10. The number of aryl methyl sites for hydroxylation is 1. The second-order valence-electron chi connectivity index (χ2n) is 3.77. The lowest BCUT2D eigenvalue weighted by Gasteiger charge is -2.10. The van der Waals surface area contributed by atoms with E-state index in [0.717, 1.165) is 0 Å². The summed E-state index contributed by atoms with van der Waals surface area (Å²) in [6, 6.07) is 4.65. The fraction of sp³-hybridized carbons (Fsp3) is 0.0909. The number of nitro benzene ring substituents is 1. The average molecular weight is 340 g/mol. The molecule has 0 spiro atoms. The molecule has 0 unspecified atom stereocenters. The van der Waals surface area contributed by atoms with E-state index < -0.39 is 4.92 Å². The Balaban J connectivity index is 2.47. The molecular formula is C11H10BrN5O3. The second kappa shape index (κ2) is 5.80. The first-order chi connectivity index (χ1) is 9.52. The van der Waals surface area contributed by atoms with Crippen molar-refractivity contribution in [2.24, 2.45) is 5.84 Å². The Kier molecular flexibility index (Phi) is 4.11. The van der Waals surface area contributed by atoms with Gasteiger partial charge in [0, 0.05) is 6.07 Å². The minimum Gasteiger partial charge on any atom is -0.430 e. The number of hydrogen-bond acceptors (Lipinski definition) is 7. The zero-order valence-corrected chi connectivity index (χ0v) is 11.9. The lowest BCUT2D eigenvalue weighted by molar-refractivity contribution is -0.385. The minimum absolute atomic E-state index is 0.125. The number of aromatic nitrogens is 2. The van der Waals surface area contributed by atoms with Gasteiger partial charge in [-0.25, -0.2) is 10.8 Å². The third kappa shape index (κ3) is 2.83. The summed E-state index contributed by atoms with van der Waals surface area (Å²) in [6.45, 7) is 1.71. The first-order valence-electron chi connectivity index (χ1n) is 5.44. The molecule has 9 heteroatoms. The van der Waals surface area contributed by atoms with E-state index >= 15 is 0 Å². The molecule has 20 heavy (non-hydrogen) atoms. The predicted octanol–water partition coefficient (Wildman–Crippen LogP) is 2.53. The summed E-state index contributed by atoms with van der Waals surface area (Å²) >= 11 is 3.21. The second-order valence-corrected chi connectivity index (χ2v) is 4.63. The van der Waals surface area contributed by atoms with Crippen LogP contribution in [0.3, 0.4) is 0 Å². The van der Waals surface area contributed by atoms with Crippen LogP contribution in [0, 0.1) is 17.0 Å². The molecule has 104 valence electrons. The van der Waals surface area contributed by atoms with Gasteiger partial charge >= 0.3 is 5.69 Å². The van der Waals surface area contributed by atoms with Crippen LogP contribution in [0.15, 0.2) is 28.9 Å². The van der Waals surface area contributed by atoms with Crippen molar-refractivity contribution in [1.29, 1.82) is 0 Å². The van der Waals surface area contributed by atoms with E-state index in [1.54, 1.807) is 19.1 Å². The first kappa shape index (κ1) is 14.2. The summed E-state index contributed by atoms with van der Waals surface area (Å²) in [7, 11) is 0. The van der Waals surface area contributed by atoms with Crippen LogP contribution < -0.4 is 16.0 Å². The lowest BCUT2D eigenvalue weighted by atomic mass is 10.2. The number of nitrogen functional groups attached to an aromatic ring is 1. The highest BCUT2D eigenvalue weighted by Gasteiger charge is 2.19. The molecule has 0 aliphatic rings. The maximum Gasteiger partial charge on any atom is 0.311 e. The molecule has 3 N–H and O–H groups in total. The van der Waals surface area contributed by atoms with Gasteiger partial charge in [0.05, 0.1) is 15.6 Å². The number of halogens is 1. The van der Waals surface area contributed by atoms with E-state index in [2.05, 4.69) is 31.3 Å². The fourth-order valence-corrected chi connectivity index (χ4v) is 1.77. The fourth-order valence-electron chi connectivity index (χ4n) is 1.50.